The Labute approximate surface area is 70.3 Å². The lowest BCUT2D eigenvalue weighted by Crippen LogP contribution is -2.10. The van der Waals surface area contributed by atoms with Gasteiger partial charge in [-0.25, -0.2) is 0 Å². The van der Waals surface area contributed by atoms with Gasteiger partial charge < -0.3 is 0 Å². The summed E-state index contributed by atoms with van der Waals surface area (Å²) in [6, 6.07) is 4.22. The van der Waals surface area contributed by atoms with Gasteiger partial charge >= 0.3 is 11.2 Å². The molecular formula is C6H4N3O4+. The maximum Gasteiger partial charge on any atom is 0.348 e. The van der Waals surface area contributed by atoms with E-state index in [2.05, 4.69) is 9.79 Å². The molecule has 7 nitrogen and oxygen atoms in total. The number of hydrogen-bond donors (Lipinski definition) is 1. The minimum atomic E-state index is -0.639. The van der Waals surface area contributed by atoms with Crippen LogP contribution < -0.4 is 4.60 Å². The first-order valence-corrected chi connectivity index (χ1v) is 3.38. The second kappa shape index (κ2) is 2.41. The van der Waals surface area contributed by atoms with Gasteiger partial charge in [-0.2, -0.15) is 0 Å². The molecule has 13 heavy (non-hydrogen) atoms. The van der Waals surface area contributed by atoms with Crippen molar-refractivity contribution in [2.45, 2.75) is 0 Å². The first kappa shape index (κ1) is 7.47. The number of benzene rings is 1. The number of nitro benzene ring substituents is 1. The standard InChI is InChI=1S/C6H4N3O4/c10-8(11)5-3-1-2-4-6(5)9(12)13-7-4/h1-3,7H/q+1. The van der Waals surface area contributed by atoms with Crippen molar-refractivity contribution < 1.29 is 14.2 Å². The van der Waals surface area contributed by atoms with Gasteiger partial charge in [0, 0.05) is 6.07 Å². The van der Waals surface area contributed by atoms with Crippen LogP contribution in [-0.2, 0) is 0 Å². The van der Waals surface area contributed by atoms with Gasteiger partial charge in [-0.05, 0) is 11.0 Å². The summed E-state index contributed by atoms with van der Waals surface area (Å²) in [7, 11) is 0. The van der Waals surface area contributed by atoms with Gasteiger partial charge in [0.05, 0.1) is 4.92 Å². The average molecular weight is 182 g/mol. The van der Waals surface area contributed by atoms with E-state index in [1.165, 1.54) is 18.2 Å². The zero-order valence-electron chi connectivity index (χ0n) is 6.26. The Morgan fingerprint density at radius 2 is 2.31 bits per heavy atom. The highest BCUT2D eigenvalue weighted by atomic mass is 16.7. The molecule has 0 saturated heterocycles. The number of rotatable bonds is 1. The van der Waals surface area contributed by atoms with Gasteiger partial charge in [0.1, 0.15) is 0 Å². The quantitative estimate of drug-likeness (QED) is 0.515. The lowest BCUT2D eigenvalue weighted by atomic mass is 10.3. The van der Waals surface area contributed by atoms with Crippen LogP contribution in [0.25, 0.3) is 11.0 Å². The highest BCUT2D eigenvalue weighted by molar-refractivity contribution is 5.79. The Bertz CT molecular complexity index is 526. The van der Waals surface area contributed by atoms with Crippen LogP contribution in [0.1, 0.15) is 0 Å². The predicted molar refractivity (Wildman–Crippen MR) is 40.6 cm³/mol. The molecule has 0 spiro atoms. The molecule has 0 aliphatic carbocycles. The number of nitrogens with zero attached hydrogens (tertiary/aromatic N) is 2. The molecule has 0 saturated carbocycles. The van der Waals surface area contributed by atoms with Crippen LogP contribution in [0.5, 0.6) is 0 Å². The highest BCUT2D eigenvalue weighted by Gasteiger charge is 2.23. The summed E-state index contributed by atoms with van der Waals surface area (Å²) in [5.41, 5.74) is -0.0887. The van der Waals surface area contributed by atoms with Gasteiger partial charge in [-0.1, -0.05) is 15.9 Å². The summed E-state index contributed by atoms with van der Waals surface area (Å²) < 4.78 is 4.41. The highest BCUT2D eigenvalue weighted by Crippen LogP contribution is 2.19. The van der Waals surface area contributed by atoms with E-state index in [1.807, 2.05) is 0 Å². The number of nitrogens with one attached hydrogen (secondary N) is 1. The second-order valence-electron chi connectivity index (χ2n) is 2.38. The van der Waals surface area contributed by atoms with Crippen LogP contribution in [0.4, 0.5) is 5.69 Å². The van der Waals surface area contributed by atoms with Gasteiger partial charge in [0.15, 0.2) is 4.60 Å². The third kappa shape index (κ3) is 0.975. The SMILES string of the molecule is O=[N+]([O-])c1cccc2[nH]o[n+](=O)c12. The van der Waals surface area contributed by atoms with Gasteiger partial charge in [-0.3, -0.25) is 10.1 Å². The number of fused-ring (bicyclic) bond motifs is 1. The maximum atomic E-state index is 10.9. The minimum absolute atomic E-state index is 0.0769. The molecule has 0 aliphatic heterocycles. The number of aromatic nitrogens is 2. The summed E-state index contributed by atoms with van der Waals surface area (Å²) in [6.45, 7) is 0. The molecule has 0 fully saturated rings. The van der Waals surface area contributed by atoms with E-state index in [1.54, 1.807) is 0 Å². The second-order valence-corrected chi connectivity index (χ2v) is 2.38. The van der Waals surface area contributed by atoms with Crippen molar-refractivity contribution in [3.05, 3.63) is 33.2 Å². The van der Waals surface area contributed by atoms with Crippen molar-refractivity contribution in [3.63, 3.8) is 0 Å². The third-order valence-electron chi connectivity index (χ3n) is 1.63. The Kier molecular flexibility index (Phi) is 1.38. The molecule has 0 amide bonds. The summed E-state index contributed by atoms with van der Waals surface area (Å²) in [6.07, 6.45) is 0. The van der Waals surface area contributed by atoms with E-state index < -0.39 is 4.92 Å². The van der Waals surface area contributed by atoms with Crippen LogP contribution in [-0.4, -0.2) is 10.1 Å². The first-order valence-electron chi connectivity index (χ1n) is 3.38. The largest absolute Gasteiger partial charge is 0.348 e. The Hall–Kier alpha value is -2.18. The Morgan fingerprint density at radius 1 is 1.54 bits per heavy atom. The minimum Gasteiger partial charge on any atom is -0.258 e. The lowest BCUT2D eigenvalue weighted by molar-refractivity contribution is -0.693. The summed E-state index contributed by atoms with van der Waals surface area (Å²) in [4.78, 5) is 20.7. The normalized spacial score (nSPS) is 10.5. The molecule has 2 rings (SSSR count). The first-order chi connectivity index (χ1) is 6.20. The molecule has 2 aromatic rings. The topological polar surface area (TPSA) is 95.0 Å². The van der Waals surface area contributed by atoms with E-state index >= 15 is 0 Å². The Morgan fingerprint density at radius 3 is 3.00 bits per heavy atom. The van der Waals surface area contributed by atoms with Crippen molar-refractivity contribution >= 4 is 16.7 Å². The average Bonchev–Trinajstić information content (AvgIpc) is 2.48. The number of aromatic amines is 1. The molecule has 66 valence electrons. The molecule has 1 aromatic carbocycles. The molecular weight excluding hydrogens is 178 g/mol. The molecule has 1 aromatic heterocycles. The fourth-order valence-corrected chi connectivity index (χ4v) is 1.09. The molecule has 0 bridgehead atoms. The van der Waals surface area contributed by atoms with Crippen LogP contribution >= 0.6 is 0 Å². The zero-order chi connectivity index (χ0) is 9.42. The molecule has 0 radical (unpaired) electrons. The molecule has 0 atom stereocenters. The van der Waals surface area contributed by atoms with E-state index in [-0.39, 0.29) is 15.8 Å². The fourth-order valence-electron chi connectivity index (χ4n) is 1.09. The van der Waals surface area contributed by atoms with E-state index in [0.717, 1.165) is 0 Å². The monoisotopic (exact) mass is 182 g/mol. The summed E-state index contributed by atoms with van der Waals surface area (Å²) in [5.74, 6) is 0. The summed E-state index contributed by atoms with van der Waals surface area (Å²) in [5, 5.41) is 12.7. The molecule has 1 heterocycles. The van der Waals surface area contributed by atoms with Crippen LogP contribution in [0.3, 0.4) is 0 Å². The van der Waals surface area contributed by atoms with E-state index in [9.17, 15) is 15.0 Å². The van der Waals surface area contributed by atoms with Crippen molar-refractivity contribution in [1.29, 1.82) is 0 Å². The number of nitro groups is 1. The zero-order valence-corrected chi connectivity index (χ0v) is 6.26. The fraction of sp³-hybridized carbons (Fsp3) is 0. The molecule has 0 aliphatic rings. The van der Waals surface area contributed by atoms with Crippen LogP contribution in [0.15, 0.2) is 22.8 Å². The van der Waals surface area contributed by atoms with Crippen molar-refractivity contribution in [2.75, 3.05) is 0 Å². The molecule has 0 unspecified atom stereocenters. The number of non-ortho nitro benzene ring substituents is 1. The van der Waals surface area contributed by atoms with Crippen molar-refractivity contribution in [1.82, 2.24) is 5.16 Å². The maximum absolute atomic E-state index is 10.9. The molecule has 7 heteroatoms. The number of para-hydroxylation sites is 1. The lowest BCUT2D eigenvalue weighted by Gasteiger charge is -1.84. The van der Waals surface area contributed by atoms with Crippen LogP contribution in [0.2, 0.25) is 0 Å². The van der Waals surface area contributed by atoms with Crippen molar-refractivity contribution in [3.8, 4) is 0 Å². The Balaban J connectivity index is 2.96. The van der Waals surface area contributed by atoms with E-state index in [4.69, 9.17) is 0 Å². The smallest absolute Gasteiger partial charge is 0.258 e. The van der Waals surface area contributed by atoms with Gasteiger partial charge in [-0.15, -0.1) is 0 Å². The van der Waals surface area contributed by atoms with E-state index in [0.29, 0.717) is 5.52 Å². The van der Waals surface area contributed by atoms with Crippen LogP contribution in [0, 0.1) is 15.0 Å². The summed E-state index contributed by atoms with van der Waals surface area (Å²) >= 11 is 0. The van der Waals surface area contributed by atoms with Gasteiger partial charge in [0.2, 0.25) is 5.52 Å². The molecule has 1 N–H and O–H groups in total. The number of H-pyrrole nitrogens is 1. The third-order valence-corrected chi connectivity index (χ3v) is 1.63. The predicted octanol–water partition coefficient (Wildman–Crippen LogP) is 0.584. The number of hydrogen-bond acceptors (Lipinski definition) is 4. The van der Waals surface area contributed by atoms with Crippen molar-refractivity contribution in [2.24, 2.45) is 0 Å². The van der Waals surface area contributed by atoms with Gasteiger partial charge in [0.25, 0.3) is 0 Å².